The number of thiazole rings is 1. The fourth-order valence-corrected chi connectivity index (χ4v) is 7.15. The predicted octanol–water partition coefficient (Wildman–Crippen LogP) is 10.3. The molecule has 7 aromatic rings. The van der Waals surface area contributed by atoms with Crippen molar-refractivity contribution in [3.8, 4) is 32.8 Å². The van der Waals surface area contributed by atoms with E-state index >= 15 is 0 Å². The van der Waals surface area contributed by atoms with Crippen LogP contribution in [-0.2, 0) is 0 Å². The molecule has 4 heteroatoms. The number of fused-ring (bicyclic) bond motifs is 4. The lowest BCUT2D eigenvalue weighted by Gasteiger charge is -2.10. The van der Waals surface area contributed by atoms with E-state index in [-0.39, 0.29) is 0 Å². The first-order chi connectivity index (χ1) is 17.2. The van der Waals surface area contributed by atoms with E-state index in [1.807, 2.05) is 23.5 Å². The van der Waals surface area contributed by atoms with E-state index in [4.69, 9.17) is 16.6 Å². The van der Waals surface area contributed by atoms with Gasteiger partial charge in [-0.2, -0.15) is 0 Å². The molecule has 0 unspecified atom stereocenters. The number of aromatic nitrogens is 1. The number of benzene rings is 5. The van der Waals surface area contributed by atoms with Gasteiger partial charge < -0.3 is 0 Å². The van der Waals surface area contributed by atoms with Crippen LogP contribution in [0.15, 0.2) is 109 Å². The number of hydrogen-bond acceptors (Lipinski definition) is 3. The molecule has 0 N–H and O–H groups in total. The number of thiophene rings is 1. The van der Waals surface area contributed by atoms with Crippen molar-refractivity contribution in [1.29, 1.82) is 0 Å². The fraction of sp³-hybridized carbons (Fsp3) is 0. The Morgan fingerprint density at radius 2 is 1.26 bits per heavy atom. The Kier molecular flexibility index (Phi) is 4.95. The summed E-state index contributed by atoms with van der Waals surface area (Å²) in [6.07, 6.45) is 0. The van der Waals surface area contributed by atoms with E-state index in [0.717, 1.165) is 37.8 Å². The van der Waals surface area contributed by atoms with Crippen molar-refractivity contribution in [2.75, 3.05) is 0 Å². The number of nitrogens with zero attached hydrogens (tertiary/aromatic N) is 1. The van der Waals surface area contributed by atoms with E-state index in [9.17, 15) is 0 Å². The molecule has 0 aliphatic heterocycles. The maximum Gasteiger partial charge on any atom is 0.124 e. The Bertz CT molecular complexity index is 1850. The Morgan fingerprint density at radius 1 is 0.543 bits per heavy atom. The molecule has 0 radical (unpaired) electrons. The van der Waals surface area contributed by atoms with Gasteiger partial charge in [-0.15, -0.1) is 22.7 Å². The van der Waals surface area contributed by atoms with Gasteiger partial charge >= 0.3 is 0 Å². The maximum atomic E-state index is 6.68. The predicted molar refractivity (Wildman–Crippen MR) is 154 cm³/mol. The van der Waals surface area contributed by atoms with Gasteiger partial charge in [0, 0.05) is 30.8 Å². The third kappa shape index (κ3) is 3.64. The summed E-state index contributed by atoms with van der Waals surface area (Å²) in [5.41, 5.74) is 6.75. The summed E-state index contributed by atoms with van der Waals surface area (Å²) in [4.78, 5) is 4.85. The van der Waals surface area contributed by atoms with E-state index in [1.54, 1.807) is 11.3 Å². The lowest BCUT2D eigenvalue weighted by molar-refractivity contribution is 1.47. The summed E-state index contributed by atoms with van der Waals surface area (Å²) in [6, 6.07) is 38.4. The minimum absolute atomic E-state index is 0.737. The molecule has 0 bridgehead atoms. The molecule has 2 heterocycles. The third-order valence-electron chi connectivity index (χ3n) is 6.35. The minimum atomic E-state index is 0.737. The highest BCUT2D eigenvalue weighted by molar-refractivity contribution is 7.26. The van der Waals surface area contributed by atoms with Crippen molar-refractivity contribution in [2.24, 2.45) is 0 Å². The molecule has 0 fully saturated rings. The number of para-hydroxylation sites is 1. The van der Waals surface area contributed by atoms with Crippen molar-refractivity contribution >= 4 is 64.7 Å². The molecular formula is C31H18ClNS2. The summed E-state index contributed by atoms with van der Waals surface area (Å²) >= 11 is 10.3. The molecule has 5 aromatic carbocycles. The summed E-state index contributed by atoms with van der Waals surface area (Å²) in [5.74, 6) is 0. The van der Waals surface area contributed by atoms with E-state index in [2.05, 4.69) is 97.1 Å². The second-order valence-electron chi connectivity index (χ2n) is 8.58. The standard InChI is InChI=1S/C31H18ClNS2/c32-23-17-21(19-7-5-8-20(15-19)31-33-27-12-2-4-14-29(27)35-31)16-22(18-23)24-10-6-11-26-25-9-1-3-13-28(25)34-30(24)26/h1-18H. The van der Waals surface area contributed by atoms with Gasteiger partial charge in [-0.1, -0.05) is 78.3 Å². The van der Waals surface area contributed by atoms with Crippen molar-refractivity contribution < 1.29 is 0 Å². The molecule has 1 nitrogen and oxygen atoms in total. The second-order valence-corrected chi connectivity index (χ2v) is 11.1. The number of hydrogen-bond donors (Lipinski definition) is 0. The minimum Gasteiger partial charge on any atom is -0.236 e. The lowest BCUT2D eigenvalue weighted by atomic mass is 9.97. The van der Waals surface area contributed by atoms with Gasteiger partial charge in [0.25, 0.3) is 0 Å². The van der Waals surface area contributed by atoms with Crippen LogP contribution in [0.3, 0.4) is 0 Å². The molecule has 0 atom stereocenters. The highest BCUT2D eigenvalue weighted by atomic mass is 35.5. The lowest BCUT2D eigenvalue weighted by Crippen LogP contribution is -1.84. The van der Waals surface area contributed by atoms with Crippen LogP contribution in [0.4, 0.5) is 0 Å². The molecule has 0 spiro atoms. The first-order valence-corrected chi connectivity index (χ1v) is 13.4. The normalized spacial score (nSPS) is 11.6. The molecule has 7 rings (SSSR count). The summed E-state index contributed by atoms with van der Waals surface area (Å²) in [5, 5.41) is 4.37. The van der Waals surface area contributed by atoms with Crippen LogP contribution in [0.5, 0.6) is 0 Å². The fourth-order valence-electron chi connectivity index (χ4n) is 4.71. The Labute approximate surface area is 215 Å². The van der Waals surface area contributed by atoms with Gasteiger partial charge in [0.05, 0.1) is 10.2 Å². The first kappa shape index (κ1) is 20.8. The molecule has 2 aromatic heterocycles. The van der Waals surface area contributed by atoms with Crippen molar-refractivity contribution in [2.45, 2.75) is 0 Å². The van der Waals surface area contributed by atoms with E-state index in [0.29, 0.717) is 0 Å². The zero-order valence-electron chi connectivity index (χ0n) is 18.5. The van der Waals surface area contributed by atoms with Gasteiger partial charge in [0.15, 0.2) is 0 Å². The molecule has 0 aliphatic carbocycles. The van der Waals surface area contributed by atoms with Gasteiger partial charge in [-0.3, -0.25) is 0 Å². The largest absolute Gasteiger partial charge is 0.236 e. The third-order valence-corrected chi connectivity index (χ3v) is 8.87. The van der Waals surface area contributed by atoms with Crippen LogP contribution in [-0.4, -0.2) is 4.98 Å². The Morgan fingerprint density at radius 3 is 2.17 bits per heavy atom. The Hall–Kier alpha value is -3.50. The van der Waals surface area contributed by atoms with Crippen LogP contribution in [0.2, 0.25) is 5.02 Å². The average molecular weight is 504 g/mol. The highest BCUT2D eigenvalue weighted by Gasteiger charge is 2.13. The maximum absolute atomic E-state index is 6.68. The van der Waals surface area contributed by atoms with Crippen molar-refractivity contribution in [3.63, 3.8) is 0 Å². The van der Waals surface area contributed by atoms with Gasteiger partial charge in [-0.05, 0) is 64.7 Å². The zero-order valence-corrected chi connectivity index (χ0v) is 20.9. The van der Waals surface area contributed by atoms with E-state index in [1.165, 1.54) is 30.4 Å². The second kappa shape index (κ2) is 8.31. The number of rotatable bonds is 3. The van der Waals surface area contributed by atoms with Crippen LogP contribution in [0.25, 0.3) is 63.2 Å². The smallest absolute Gasteiger partial charge is 0.124 e. The SMILES string of the molecule is Clc1cc(-c2cccc(-c3nc4ccccc4s3)c2)cc(-c2cccc3c2sc2ccccc23)c1. The molecule has 0 amide bonds. The van der Waals surface area contributed by atoms with Crippen LogP contribution >= 0.6 is 34.3 Å². The van der Waals surface area contributed by atoms with Gasteiger partial charge in [0.1, 0.15) is 5.01 Å². The van der Waals surface area contributed by atoms with Crippen LogP contribution in [0, 0.1) is 0 Å². The molecule has 0 saturated heterocycles. The first-order valence-electron chi connectivity index (χ1n) is 11.4. The van der Waals surface area contributed by atoms with Crippen LogP contribution in [0.1, 0.15) is 0 Å². The highest BCUT2D eigenvalue weighted by Crippen LogP contribution is 2.41. The number of halogens is 1. The monoisotopic (exact) mass is 503 g/mol. The molecule has 166 valence electrons. The zero-order chi connectivity index (χ0) is 23.4. The van der Waals surface area contributed by atoms with Crippen molar-refractivity contribution in [3.05, 3.63) is 114 Å². The quantitative estimate of drug-likeness (QED) is 0.233. The summed E-state index contributed by atoms with van der Waals surface area (Å²) in [6.45, 7) is 0. The topological polar surface area (TPSA) is 12.9 Å². The summed E-state index contributed by atoms with van der Waals surface area (Å²) < 4.78 is 3.81. The average Bonchev–Trinajstić information content (AvgIpc) is 3.50. The molecule has 0 saturated carbocycles. The van der Waals surface area contributed by atoms with Gasteiger partial charge in [0.2, 0.25) is 0 Å². The molecule has 35 heavy (non-hydrogen) atoms. The molecular weight excluding hydrogens is 486 g/mol. The van der Waals surface area contributed by atoms with Crippen LogP contribution < -0.4 is 0 Å². The summed E-state index contributed by atoms with van der Waals surface area (Å²) in [7, 11) is 0. The Balaban J connectivity index is 1.36. The van der Waals surface area contributed by atoms with Gasteiger partial charge in [-0.25, -0.2) is 4.98 Å². The molecule has 0 aliphatic rings. The van der Waals surface area contributed by atoms with E-state index < -0.39 is 0 Å². The van der Waals surface area contributed by atoms with Crippen molar-refractivity contribution in [1.82, 2.24) is 4.98 Å².